The van der Waals surface area contributed by atoms with Crippen molar-refractivity contribution < 1.29 is 14.3 Å². The summed E-state index contributed by atoms with van der Waals surface area (Å²) in [6.45, 7) is 2.52. The van der Waals surface area contributed by atoms with E-state index < -0.39 is 0 Å². The van der Waals surface area contributed by atoms with E-state index in [1.807, 2.05) is 0 Å². The van der Waals surface area contributed by atoms with Crippen LogP contribution in [0.2, 0.25) is 0 Å². The minimum atomic E-state index is -0.135. The molecule has 0 radical (unpaired) electrons. The number of nitrogens with two attached hydrogens (primary N) is 1. The van der Waals surface area contributed by atoms with Gasteiger partial charge in [0.05, 0.1) is 24.6 Å². The number of carbonyl (C=O) groups excluding carboxylic acids is 1. The van der Waals surface area contributed by atoms with Crippen LogP contribution in [0.15, 0.2) is 18.2 Å². The fourth-order valence-corrected chi connectivity index (χ4v) is 1.86. The number of nitrogens with zero attached hydrogens (tertiary/aromatic N) is 1. The van der Waals surface area contributed by atoms with Crippen LogP contribution < -0.4 is 16.0 Å². The lowest BCUT2D eigenvalue weighted by Crippen LogP contribution is -2.31. The molecule has 0 aliphatic heterocycles. The van der Waals surface area contributed by atoms with E-state index in [1.165, 1.54) is 0 Å². The maximum atomic E-state index is 11.7. The lowest BCUT2D eigenvalue weighted by atomic mass is 10.1. The van der Waals surface area contributed by atoms with E-state index >= 15 is 0 Å². The Labute approximate surface area is 119 Å². The Morgan fingerprint density at radius 1 is 1.25 bits per heavy atom. The first-order chi connectivity index (χ1) is 9.63. The Morgan fingerprint density at radius 2 is 1.85 bits per heavy atom. The molecule has 0 atom stereocenters. The van der Waals surface area contributed by atoms with Gasteiger partial charge in [-0.3, -0.25) is 4.79 Å². The average Bonchev–Trinajstić information content (AvgIpc) is 2.47. The van der Waals surface area contributed by atoms with Crippen LogP contribution in [0.4, 0.5) is 11.4 Å². The second-order valence-corrected chi connectivity index (χ2v) is 4.33. The van der Waals surface area contributed by atoms with Gasteiger partial charge in [-0.2, -0.15) is 0 Å². The molecular formula is C14H23N3O3. The van der Waals surface area contributed by atoms with E-state index in [-0.39, 0.29) is 5.91 Å². The Bertz CT molecular complexity index is 430. The molecule has 0 saturated heterocycles. The van der Waals surface area contributed by atoms with E-state index in [2.05, 4.69) is 10.2 Å². The van der Waals surface area contributed by atoms with Crippen molar-refractivity contribution >= 4 is 17.3 Å². The first kappa shape index (κ1) is 16.3. The number of methoxy groups -OCH3 is 2. The zero-order valence-corrected chi connectivity index (χ0v) is 12.3. The molecule has 1 rings (SSSR count). The molecule has 0 aliphatic rings. The molecule has 20 heavy (non-hydrogen) atoms. The third kappa shape index (κ3) is 4.40. The van der Waals surface area contributed by atoms with Crippen LogP contribution in [0.3, 0.4) is 0 Å². The normalized spacial score (nSPS) is 10.3. The van der Waals surface area contributed by atoms with Crippen molar-refractivity contribution in [3.8, 4) is 0 Å². The Balaban J connectivity index is 3.00. The molecule has 0 saturated carbocycles. The van der Waals surface area contributed by atoms with Gasteiger partial charge in [-0.05, 0) is 18.2 Å². The number of hydrogen-bond acceptors (Lipinski definition) is 5. The number of carbonyl (C=O) groups is 1. The maximum absolute atomic E-state index is 11.7. The summed E-state index contributed by atoms with van der Waals surface area (Å²) in [6, 6.07) is 5.24. The summed E-state index contributed by atoms with van der Waals surface area (Å²) in [4.78, 5) is 13.8. The number of hydrogen-bond donors (Lipinski definition) is 2. The number of nitrogen functional groups attached to an aromatic ring is 1. The topological polar surface area (TPSA) is 76.8 Å². The van der Waals surface area contributed by atoms with Gasteiger partial charge in [0, 0.05) is 39.9 Å². The van der Waals surface area contributed by atoms with Crippen molar-refractivity contribution in [3.05, 3.63) is 23.8 Å². The summed E-state index contributed by atoms with van der Waals surface area (Å²) in [7, 11) is 4.91. The molecule has 0 aliphatic carbocycles. The lowest BCUT2D eigenvalue weighted by Gasteiger charge is -2.26. The molecule has 1 aromatic carbocycles. The molecule has 6 nitrogen and oxygen atoms in total. The molecule has 1 aromatic rings. The number of ether oxygens (including phenoxy) is 2. The third-order valence-electron chi connectivity index (χ3n) is 2.99. The quantitative estimate of drug-likeness (QED) is 0.687. The summed E-state index contributed by atoms with van der Waals surface area (Å²) in [5.74, 6) is -0.135. The molecule has 1 amide bonds. The highest BCUT2D eigenvalue weighted by Gasteiger charge is 2.13. The maximum Gasteiger partial charge on any atom is 0.251 e. The molecule has 0 aromatic heterocycles. The van der Waals surface area contributed by atoms with Crippen molar-refractivity contribution in [2.24, 2.45) is 0 Å². The SMILES string of the molecule is CNC(=O)c1ccc(N)c(N(CCOC)CCOC)c1. The van der Waals surface area contributed by atoms with Crippen LogP contribution in [0.5, 0.6) is 0 Å². The third-order valence-corrected chi connectivity index (χ3v) is 2.99. The first-order valence-corrected chi connectivity index (χ1v) is 6.48. The van der Waals surface area contributed by atoms with Crippen LogP contribution in [-0.2, 0) is 9.47 Å². The molecule has 0 fully saturated rings. The van der Waals surface area contributed by atoms with Crippen LogP contribution in [0, 0.1) is 0 Å². The zero-order valence-electron chi connectivity index (χ0n) is 12.3. The summed E-state index contributed by atoms with van der Waals surface area (Å²) < 4.78 is 10.2. The Morgan fingerprint density at radius 3 is 2.35 bits per heavy atom. The minimum absolute atomic E-state index is 0.135. The van der Waals surface area contributed by atoms with Crippen molar-refractivity contribution in [1.82, 2.24) is 5.32 Å². The summed E-state index contributed by atoms with van der Waals surface area (Å²) >= 11 is 0. The van der Waals surface area contributed by atoms with Gasteiger partial charge in [-0.1, -0.05) is 0 Å². The van der Waals surface area contributed by atoms with E-state index in [4.69, 9.17) is 15.2 Å². The Hall–Kier alpha value is -1.79. The summed E-state index contributed by atoms with van der Waals surface area (Å²) in [5, 5.41) is 2.61. The molecule has 3 N–H and O–H groups in total. The first-order valence-electron chi connectivity index (χ1n) is 6.48. The molecule has 0 unspecified atom stereocenters. The van der Waals surface area contributed by atoms with E-state index in [1.54, 1.807) is 39.5 Å². The van der Waals surface area contributed by atoms with Gasteiger partial charge in [0.2, 0.25) is 0 Å². The van der Waals surface area contributed by atoms with E-state index in [9.17, 15) is 4.79 Å². The zero-order chi connectivity index (χ0) is 15.0. The van der Waals surface area contributed by atoms with Crippen molar-refractivity contribution in [3.63, 3.8) is 0 Å². The van der Waals surface area contributed by atoms with E-state index in [0.717, 1.165) is 5.69 Å². The highest BCUT2D eigenvalue weighted by molar-refractivity contribution is 5.96. The van der Waals surface area contributed by atoms with Gasteiger partial charge in [0.25, 0.3) is 5.91 Å². The highest BCUT2D eigenvalue weighted by atomic mass is 16.5. The van der Waals surface area contributed by atoms with E-state index in [0.29, 0.717) is 37.6 Å². The number of anilines is 2. The highest BCUT2D eigenvalue weighted by Crippen LogP contribution is 2.24. The second kappa shape index (κ2) is 8.39. The largest absolute Gasteiger partial charge is 0.397 e. The second-order valence-electron chi connectivity index (χ2n) is 4.33. The van der Waals surface area contributed by atoms with Crippen molar-refractivity contribution in [1.29, 1.82) is 0 Å². The van der Waals surface area contributed by atoms with Gasteiger partial charge >= 0.3 is 0 Å². The van der Waals surface area contributed by atoms with Crippen LogP contribution >= 0.6 is 0 Å². The predicted octanol–water partition coefficient (Wildman–Crippen LogP) is 0.728. The number of amides is 1. The lowest BCUT2D eigenvalue weighted by molar-refractivity contribution is 0.0963. The fourth-order valence-electron chi connectivity index (χ4n) is 1.86. The van der Waals surface area contributed by atoms with Gasteiger partial charge < -0.3 is 25.4 Å². The molecule has 6 heteroatoms. The average molecular weight is 281 g/mol. The minimum Gasteiger partial charge on any atom is -0.397 e. The summed E-state index contributed by atoms with van der Waals surface area (Å²) in [5.41, 5.74) is 8.05. The monoisotopic (exact) mass is 281 g/mol. The van der Waals surface area contributed by atoms with Gasteiger partial charge in [-0.15, -0.1) is 0 Å². The fraction of sp³-hybridized carbons (Fsp3) is 0.500. The van der Waals surface area contributed by atoms with Crippen molar-refractivity contribution in [2.45, 2.75) is 0 Å². The standard InChI is InChI=1S/C14H23N3O3/c1-16-14(18)11-4-5-12(15)13(10-11)17(6-8-19-2)7-9-20-3/h4-5,10H,6-9,15H2,1-3H3,(H,16,18). The van der Waals surface area contributed by atoms with Crippen molar-refractivity contribution in [2.75, 3.05) is 58.2 Å². The summed E-state index contributed by atoms with van der Waals surface area (Å²) in [6.07, 6.45) is 0. The number of rotatable bonds is 8. The van der Waals surface area contributed by atoms with Crippen LogP contribution in [-0.4, -0.2) is 53.5 Å². The predicted molar refractivity (Wildman–Crippen MR) is 80.2 cm³/mol. The smallest absolute Gasteiger partial charge is 0.251 e. The molecule has 0 bridgehead atoms. The van der Waals surface area contributed by atoms with Gasteiger partial charge in [-0.25, -0.2) is 0 Å². The molecular weight excluding hydrogens is 258 g/mol. The Kier molecular flexibility index (Phi) is 6.83. The number of benzene rings is 1. The van der Waals surface area contributed by atoms with Gasteiger partial charge in [0.1, 0.15) is 0 Å². The molecule has 112 valence electrons. The van der Waals surface area contributed by atoms with Gasteiger partial charge in [0.15, 0.2) is 0 Å². The van der Waals surface area contributed by atoms with Crippen LogP contribution in [0.25, 0.3) is 0 Å². The molecule has 0 spiro atoms. The molecule has 0 heterocycles. The number of nitrogens with one attached hydrogen (secondary N) is 1. The van der Waals surface area contributed by atoms with Crippen LogP contribution in [0.1, 0.15) is 10.4 Å².